The van der Waals surface area contributed by atoms with Crippen molar-refractivity contribution >= 4 is 21.1 Å². The average molecular weight is 344 g/mol. The lowest BCUT2D eigenvalue weighted by atomic mass is 9.95. The number of sulfonamides is 1. The topological polar surface area (TPSA) is 97.1 Å². The predicted octanol–water partition coefficient (Wildman–Crippen LogP) is 1.26. The summed E-state index contributed by atoms with van der Waals surface area (Å²) >= 11 is 0. The van der Waals surface area contributed by atoms with Crippen molar-refractivity contribution in [2.45, 2.75) is 16.9 Å². The van der Waals surface area contributed by atoms with E-state index in [1.807, 2.05) is 30.3 Å². The second-order valence-corrected chi connectivity index (χ2v) is 7.47. The van der Waals surface area contributed by atoms with Crippen molar-refractivity contribution in [2.75, 3.05) is 13.1 Å². The second-order valence-electron chi connectivity index (χ2n) is 5.79. The van der Waals surface area contributed by atoms with E-state index in [2.05, 4.69) is 25.0 Å². The summed E-state index contributed by atoms with van der Waals surface area (Å²) in [5, 5.41) is 10.7. The molecule has 0 bridgehead atoms. The molecule has 0 radical (unpaired) electrons. The summed E-state index contributed by atoms with van der Waals surface area (Å²) in [6.45, 7) is 1.30. The standard InChI is InChI=1S/C16H16N4O3S/c21-24(22,15-8-4-7-13-16(15)19-23-18-13)20-14-10-17-9-12(14)11-5-2-1-3-6-11/h1-8,12,14,17,20H,9-10H2/t12-,14+/m0/s1. The van der Waals surface area contributed by atoms with Gasteiger partial charge in [0.1, 0.15) is 10.4 Å². The molecule has 0 saturated carbocycles. The van der Waals surface area contributed by atoms with Crippen LogP contribution in [0.1, 0.15) is 11.5 Å². The zero-order valence-corrected chi connectivity index (χ0v) is 13.5. The van der Waals surface area contributed by atoms with Crippen LogP contribution < -0.4 is 10.0 Å². The highest BCUT2D eigenvalue weighted by molar-refractivity contribution is 7.89. The molecule has 0 amide bonds. The molecule has 2 heterocycles. The summed E-state index contributed by atoms with van der Waals surface area (Å²) < 4.78 is 33.1. The van der Waals surface area contributed by atoms with Crippen LogP contribution in [0.5, 0.6) is 0 Å². The van der Waals surface area contributed by atoms with Gasteiger partial charge in [-0.15, -0.1) is 0 Å². The van der Waals surface area contributed by atoms with Crippen molar-refractivity contribution in [3.05, 3.63) is 54.1 Å². The van der Waals surface area contributed by atoms with Gasteiger partial charge in [0.05, 0.1) is 0 Å². The van der Waals surface area contributed by atoms with Crippen molar-refractivity contribution < 1.29 is 13.0 Å². The first kappa shape index (κ1) is 15.3. The van der Waals surface area contributed by atoms with Gasteiger partial charge < -0.3 is 5.32 Å². The molecular formula is C16H16N4O3S. The predicted molar refractivity (Wildman–Crippen MR) is 88.0 cm³/mol. The molecule has 124 valence electrons. The maximum atomic E-state index is 12.8. The van der Waals surface area contributed by atoms with Crippen molar-refractivity contribution in [3.63, 3.8) is 0 Å². The molecule has 1 fully saturated rings. The summed E-state index contributed by atoms with van der Waals surface area (Å²) in [5.41, 5.74) is 1.77. The van der Waals surface area contributed by atoms with E-state index in [1.54, 1.807) is 12.1 Å². The second kappa shape index (κ2) is 5.97. The fourth-order valence-electron chi connectivity index (χ4n) is 3.11. The number of benzene rings is 2. The minimum absolute atomic E-state index is 0.0793. The third-order valence-corrected chi connectivity index (χ3v) is 5.81. The SMILES string of the molecule is O=S(=O)(N[C@@H]1CNC[C@H]1c1ccccc1)c1cccc2nonc12. The van der Waals surface area contributed by atoms with Gasteiger partial charge in [0.25, 0.3) is 0 Å². The van der Waals surface area contributed by atoms with E-state index in [-0.39, 0.29) is 22.4 Å². The van der Waals surface area contributed by atoms with Gasteiger partial charge >= 0.3 is 0 Å². The Kier molecular flexibility index (Phi) is 3.79. The van der Waals surface area contributed by atoms with E-state index in [1.165, 1.54) is 6.07 Å². The first-order valence-corrected chi connectivity index (χ1v) is 9.13. The molecule has 4 rings (SSSR count). The van der Waals surface area contributed by atoms with Crippen LogP contribution in [0.3, 0.4) is 0 Å². The van der Waals surface area contributed by atoms with E-state index < -0.39 is 10.0 Å². The van der Waals surface area contributed by atoms with Gasteiger partial charge in [0.2, 0.25) is 10.0 Å². The zero-order valence-electron chi connectivity index (χ0n) is 12.7. The average Bonchev–Trinajstić information content (AvgIpc) is 3.23. The Morgan fingerprint density at radius 1 is 1.04 bits per heavy atom. The number of hydrogen-bond donors (Lipinski definition) is 2. The third-order valence-electron chi connectivity index (χ3n) is 4.29. The van der Waals surface area contributed by atoms with Gasteiger partial charge in [-0.05, 0) is 28.0 Å². The smallest absolute Gasteiger partial charge is 0.243 e. The molecule has 2 N–H and O–H groups in total. The highest BCUT2D eigenvalue weighted by Crippen LogP contribution is 2.26. The minimum atomic E-state index is -3.73. The Labute approximate surface area is 139 Å². The van der Waals surface area contributed by atoms with Crippen LogP contribution in [-0.2, 0) is 10.0 Å². The number of hydrogen-bond acceptors (Lipinski definition) is 6. The number of rotatable bonds is 4. The van der Waals surface area contributed by atoms with Crippen LogP contribution in [-0.4, -0.2) is 37.9 Å². The van der Waals surface area contributed by atoms with Crippen LogP contribution in [0.4, 0.5) is 0 Å². The fourth-order valence-corrected chi connectivity index (χ4v) is 4.54. The molecule has 1 aliphatic rings. The summed E-state index contributed by atoms with van der Waals surface area (Å²) in [4.78, 5) is 0.0833. The Morgan fingerprint density at radius 3 is 2.71 bits per heavy atom. The number of nitrogens with one attached hydrogen (secondary N) is 2. The monoisotopic (exact) mass is 344 g/mol. The molecule has 0 aliphatic carbocycles. The first-order valence-electron chi connectivity index (χ1n) is 7.64. The molecule has 7 nitrogen and oxygen atoms in total. The maximum absolute atomic E-state index is 12.8. The minimum Gasteiger partial charge on any atom is -0.314 e. The van der Waals surface area contributed by atoms with E-state index in [9.17, 15) is 8.42 Å². The Morgan fingerprint density at radius 2 is 1.88 bits per heavy atom. The van der Waals surface area contributed by atoms with Gasteiger partial charge in [-0.1, -0.05) is 36.4 Å². The lowest BCUT2D eigenvalue weighted by Crippen LogP contribution is -2.39. The lowest BCUT2D eigenvalue weighted by molar-refractivity contribution is 0.315. The molecule has 2 aromatic carbocycles. The Balaban J connectivity index is 1.65. The molecule has 0 unspecified atom stereocenters. The largest absolute Gasteiger partial charge is 0.314 e. The third kappa shape index (κ3) is 2.68. The molecule has 24 heavy (non-hydrogen) atoms. The number of nitrogens with zero attached hydrogens (tertiary/aromatic N) is 2. The normalized spacial score (nSPS) is 21.3. The molecule has 1 aliphatic heterocycles. The van der Waals surface area contributed by atoms with Gasteiger partial charge in [0, 0.05) is 25.0 Å². The summed E-state index contributed by atoms with van der Waals surface area (Å²) in [5.74, 6) is 0.0793. The summed E-state index contributed by atoms with van der Waals surface area (Å²) in [6, 6.07) is 14.5. The molecule has 8 heteroatoms. The van der Waals surface area contributed by atoms with E-state index in [4.69, 9.17) is 0 Å². The van der Waals surface area contributed by atoms with E-state index in [0.717, 1.165) is 12.1 Å². The summed E-state index contributed by atoms with van der Waals surface area (Å²) in [7, 11) is -3.73. The van der Waals surface area contributed by atoms with Crippen LogP contribution in [0.2, 0.25) is 0 Å². The molecule has 2 atom stereocenters. The van der Waals surface area contributed by atoms with Crippen molar-refractivity contribution in [1.29, 1.82) is 0 Å². The number of fused-ring (bicyclic) bond motifs is 1. The first-order chi connectivity index (χ1) is 11.6. The van der Waals surface area contributed by atoms with Crippen LogP contribution >= 0.6 is 0 Å². The van der Waals surface area contributed by atoms with Gasteiger partial charge in [-0.2, -0.15) is 0 Å². The van der Waals surface area contributed by atoms with E-state index >= 15 is 0 Å². The van der Waals surface area contributed by atoms with Gasteiger partial charge in [-0.3, -0.25) is 0 Å². The Hall–Kier alpha value is -2.29. The van der Waals surface area contributed by atoms with Crippen LogP contribution in [0.25, 0.3) is 11.0 Å². The maximum Gasteiger partial charge on any atom is 0.243 e. The van der Waals surface area contributed by atoms with Crippen molar-refractivity contribution in [1.82, 2.24) is 20.4 Å². The van der Waals surface area contributed by atoms with Crippen molar-refractivity contribution in [2.24, 2.45) is 0 Å². The highest BCUT2D eigenvalue weighted by atomic mass is 32.2. The number of aromatic nitrogens is 2. The van der Waals surface area contributed by atoms with Crippen LogP contribution in [0, 0.1) is 0 Å². The molecule has 1 aromatic heterocycles. The molecular weight excluding hydrogens is 328 g/mol. The quantitative estimate of drug-likeness (QED) is 0.739. The highest BCUT2D eigenvalue weighted by Gasteiger charge is 2.33. The van der Waals surface area contributed by atoms with E-state index in [0.29, 0.717) is 12.1 Å². The zero-order chi connectivity index (χ0) is 16.6. The van der Waals surface area contributed by atoms with Crippen molar-refractivity contribution in [3.8, 4) is 0 Å². The van der Waals surface area contributed by atoms with Crippen LogP contribution in [0.15, 0.2) is 58.1 Å². The van der Waals surface area contributed by atoms with Gasteiger partial charge in [-0.25, -0.2) is 17.8 Å². The molecule has 3 aromatic rings. The fraction of sp³-hybridized carbons (Fsp3) is 0.250. The molecule has 0 spiro atoms. The Bertz CT molecular complexity index is 956. The lowest BCUT2D eigenvalue weighted by Gasteiger charge is -2.20. The molecule has 1 saturated heterocycles. The van der Waals surface area contributed by atoms with Gasteiger partial charge in [0.15, 0.2) is 5.52 Å². The summed E-state index contributed by atoms with van der Waals surface area (Å²) in [6.07, 6.45) is 0.